The fraction of sp³-hybridized carbons (Fsp3) is 0. The van der Waals surface area contributed by atoms with E-state index in [-0.39, 0.29) is 10.6 Å². The van der Waals surface area contributed by atoms with Gasteiger partial charge in [0.15, 0.2) is 0 Å². The zero-order valence-corrected chi connectivity index (χ0v) is 13.7. The van der Waals surface area contributed by atoms with Gasteiger partial charge in [-0.25, -0.2) is 17.3 Å². The number of imide groups is 1. The number of carbonyl (C=O) groups is 2. The van der Waals surface area contributed by atoms with Gasteiger partial charge in [0.05, 0.1) is 21.7 Å². The van der Waals surface area contributed by atoms with Crippen LogP contribution in [-0.4, -0.2) is 24.2 Å². The second kappa shape index (κ2) is 5.42. The largest absolute Gasteiger partial charge is 0.268 e. The van der Waals surface area contributed by atoms with E-state index in [4.69, 9.17) is 0 Å². The third-order valence-corrected chi connectivity index (χ3v) is 5.67. The highest BCUT2D eigenvalue weighted by molar-refractivity contribution is 7.90. The van der Waals surface area contributed by atoms with Crippen LogP contribution in [0, 0.1) is 0 Å². The monoisotopic (exact) mass is 352 g/mol. The molecule has 0 N–H and O–H groups in total. The summed E-state index contributed by atoms with van der Waals surface area (Å²) >= 11 is 0. The number of nitrogens with zero attached hydrogens (tertiary/aromatic N) is 2. The van der Waals surface area contributed by atoms with E-state index in [1.165, 1.54) is 30.6 Å². The average molecular weight is 352 g/mol. The molecule has 0 atom stereocenters. The van der Waals surface area contributed by atoms with Crippen LogP contribution in [0.2, 0.25) is 0 Å². The van der Waals surface area contributed by atoms with Crippen molar-refractivity contribution in [2.75, 3.05) is 4.90 Å². The third kappa shape index (κ3) is 2.28. The van der Waals surface area contributed by atoms with Crippen molar-refractivity contribution >= 4 is 27.5 Å². The number of carbonyl (C=O) groups excluding carboxylic acids is 2. The van der Waals surface area contributed by atoms with Gasteiger partial charge in [-0.1, -0.05) is 30.3 Å². The van der Waals surface area contributed by atoms with Crippen LogP contribution in [-0.2, 0) is 10.0 Å². The van der Waals surface area contributed by atoms with E-state index in [1.807, 2.05) is 0 Å². The van der Waals surface area contributed by atoms with Crippen molar-refractivity contribution in [1.29, 1.82) is 0 Å². The lowest BCUT2D eigenvalue weighted by Gasteiger charge is -2.11. The molecule has 0 unspecified atom stereocenters. The molecule has 124 valence electrons. The Kier molecular flexibility index (Phi) is 3.33. The van der Waals surface area contributed by atoms with Gasteiger partial charge in [0.2, 0.25) is 0 Å². The summed E-state index contributed by atoms with van der Waals surface area (Å²) in [5.74, 6) is -0.925. The molecule has 0 saturated carbocycles. The first-order chi connectivity index (χ1) is 12.0. The molecule has 0 bridgehead atoms. The molecule has 0 spiro atoms. The van der Waals surface area contributed by atoms with Gasteiger partial charge in [0.25, 0.3) is 21.8 Å². The van der Waals surface area contributed by atoms with Crippen LogP contribution in [0.1, 0.15) is 20.7 Å². The first-order valence-electron chi connectivity index (χ1n) is 7.46. The minimum absolute atomic E-state index is 0.125. The number of hydrogen-bond acceptors (Lipinski definition) is 4. The van der Waals surface area contributed by atoms with Crippen LogP contribution in [0.25, 0.3) is 0 Å². The second-order valence-corrected chi connectivity index (χ2v) is 7.35. The maximum absolute atomic E-state index is 12.6. The van der Waals surface area contributed by atoms with E-state index >= 15 is 0 Å². The Hall–Kier alpha value is -3.19. The van der Waals surface area contributed by atoms with Crippen molar-refractivity contribution in [3.63, 3.8) is 0 Å². The van der Waals surface area contributed by atoms with E-state index in [2.05, 4.69) is 0 Å². The zero-order valence-electron chi connectivity index (χ0n) is 12.9. The minimum Gasteiger partial charge on any atom is -0.268 e. The van der Waals surface area contributed by atoms with Crippen LogP contribution in [0.5, 0.6) is 0 Å². The number of benzene rings is 2. The molecule has 0 aliphatic carbocycles. The first kappa shape index (κ1) is 15.3. The number of amides is 2. The summed E-state index contributed by atoms with van der Waals surface area (Å²) < 4.78 is 26.2. The van der Waals surface area contributed by atoms with Gasteiger partial charge >= 0.3 is 0 Å². The maximum Gasteiger partial charge on any atom is 0.267 e. The number of hydrogen-bond donors (Lipinski definition) is 0. The highest BCUT2D eigenvalue weighted by Crippen LogP contribution is 2.29. The van der Waals surface area contributed by atoms with Crippen LogP contribution in [0.3, 0.4) is 0 Å². The number of aromatic nitrogens is 1. The smallest absolute Gasteiger partial charge is 0.267 e. The van der Waals surface area contributed by atoms with E-state index < -0.39 is 21.8 Å². The standard InChI is InChI=1S/C18H12N2O4S/c21-17-15-8-4-5-9-16(15)18(22)20(17)13-10-11-19(12-13)25(23,24)14-6-2-1-3-7-14/h1-12H. The average Bonchev–Trinajstić information content (AvgIpc) is 3.21. The van der Waals surface area contributed by atoms with Crippen molar-refractivity contribution in [3.05, 3.63) is 84.2 Å². The van der Waals surface area contributed by atoms with Gasteiger partial charge in [-0.3, -0.25) is 9.59 Å². The molecule has 0 radical (unpaired) electrons. The molecule has 1 aromatic heterocycles. The lowest BCUT2D eigenvalue weighted by atomic mass is 10.1. The molecule has 0 saturated heterocycles. The Labute approximate surface area is 144 Å². The number of rotatable bonds is 3. The predicted octanol–water partition coefficient (Wildman–Crippen LogP) is 2.53. The maximum atomic E-state index is 12.6. The van der Waals surface area contributed by atoms with Crippen LogP contribution in [0.15, 0.2) is 78.0 Å². The minimum atomic E-state index is -3.78. The summed E-state index contributed by atoms with van der Waals surface area (Å²) in [6, 6.07) is 15.9. The SMILES string of the molecule is O=C1c2ccccc2C(=O)N1c1ccn(S(=O)(=O)c2ccccc2)c1. The topological polar surface area (TPSA) is 76.5 Å². The van der Waals surface area contributed by atoms with Crippen LogP contribution in [0.4, 0.5) is 5.69 Å². The zero-order chi connectivity index (χ0) is 17.6. The molecule has 4 rings (SSSR count). The van der Waals surface area contributed by atoms with Gasteiger partial charge < -0.3 is 0 Å². The molecule has 1 aliphatic rings. The Morgan fingerprint density at radius 1 is 0.720 bits per heavy atom. The molecule has 1 aliphatic heterocycles. The van der Waals surface area contributed by atoms with Crippen LogP contribution >= 0.6 is 0 Å². The van der Waals surface area contributed by atoms with Crippen molar-refractivity contribution in [1.82, 2.24) is 3.97 Å². The molecule has 2 aromatic carbocycles. The van der Waals surface area contributed by atoms with Gasteiger partial charge in [-0.2, -0.15) is 0 Å². The summed E-state index contributed by atoms with van der Waals surface area (Å²) in [4.78, 5) is 26.1. The molecule has 7 heteroatoms. The lowest BCUT2D eigenvalue weighted by Crippen LogP contribution is -2.29. The van der Waals surface area contributed by atoms with E-state index in [9.17, 15) is 18.0 Å². The summed E-state index contributed by atoms with van der Waals surface area (Å²) in [7, 11) is -3.78. The van der Waals surface area contributed by atoms with Crippen LogP contribution < -0.4 is 4.90 Å². The molecular weight excluding hydrogens is 340 g/mol. The Bertz CT molecular complexity index is 1070. The normalized spacial score (nSPS) is 14.0. The third-order valence-electron chi connectivity index (χ3n) is 4.02. The lowest BCUT2D eigenvalue weighted by molar-refractivity contribution is 0.0926. The molecule has 2 heterocycles. The van der Waals surface area contributed by atoms with Gasteiger partial charge in [-0.05, 0) is 30.3 Å². The highest BCUT2D eigenvalue weighted by atomic mass is 32.2. The van der Waals surface area contributed by atoms with E-state index in [0.717, 1.165) is 8.87 Å². The first-order valence-corrected chi connectivity index (χ1v) is 8.90. The Morgan fingerprint density at radius 2 is 1.28 bits per heavy atom. The van der Waals surface area contributed by atoms with Crippen molar-refractivity contribution in [2.45, 2.75) is 4.90 Å². The molecule has 25 heavy (non-hydrogen) atoms. The predicted molar refractivity (Wildman–Crippen MR) is 91.0 cm³/mol. The van der Waals surface area contributed by atoms with Gasteiger partial charge in [-0.15, -0.1) is 0 Å². The Morgan fingerprint density at radius 3 is 1.88 bits per heavy atom. The number of anilines is 1. The summed E-state index contributed by atoms with van der Waals surface area (Å²) in [6.45, 7) is 0. The molecule has 6 nitrogen and oxygen atoms in total. The molecular formula is C18H12N2O4S. The fourth-order valence-electron chi connectivity index (χ4n) is 2.79. The summed E-state index contributed by atoms with van der Waals surface area (Å²) in [5, 5.41) is 0. The quantitative estimate of drug-likeness (QED) is 0.679. The van der Waals surface area contributed by atoms with Crippen molar-refractivity contribution in [3.8, 4) is 0 Å². The second-order valence-electron chi connectivity index (χ2n) is 5.51. The summed E-state index contributed by atoms with van der Waals surface area (Å²) in [5.41, 5.74) is 0.836. The fourth-order valence-corrected chi connectivity index (χ4v) is 4.00. The molecule has 0 fully saturated rings. The van der Waals surface area contributed by atoms with Gasteiger partial charge in [0.1, 0.15) is 0 Å². The molecule has 3 aromatic rings. The highest BCUT2D eigenvalue weighted by Gasteiger charge is 2.37. The van der Waals surface area contributed by atoms with E-state index in [0.29, 0.717) is 11.1 Å². The van der Waals surface area contributed by atoms with Gasteiger partial charge in [0, 0.05) is 12.4 Å². The van der Waals surface area contributed by atoms with E-state index in [1.54, 1.807) is 42.5 Å². The van der Waals surface area contributed by atoms with Crippen molar-refractivity contribution < 1.29 is 18.0 Å². The molecule has 2 amide bonds. The Balaban J connectivity index is 1.74. The summed E-state index contributed by atoms with van der Waals surface area (Å²) in [6.07, 6.45) is 2.59. The number of fused-ring (bicyclic) bond motifs is 1. The van der Waals surface area contributed by atoms with Crippen molar-refractivity contribution in [2.24, 2.45) is 0 Å².